The molecule has 8 heteroatoms. The second-order valence-electron chi connectivity index (χ2n) is 15.0. The molecule has 0 bridgehead atoms. The maximum Gasteiger partial charge on any atom is 0.306 e. The molecule has 0 spiro atoms. The van der Waals surface area contributed by atoms with Crippen molar-refractivity contribution in [2.45, 2.75) is 122 Å². The van der Waals surface area contributed by atoms with Crippen LogP contribution in [0.3, 0.4) is 0 Å². The fraction of sp³-hybridized carbons (Fsp3) is 0.481. The van der Waals surface area contributed by atoms with Gasteiger partial charge < -0.3 is 28.6 Å². The molecule has 2 atom stereocenters. The Balaban J connectivity index is 4.60. The number of carbonyl (C=O) groups excluding carboxylic acids is 3. The van der Waals surface area contributed by atoms with Gasteiger partial charge in [0.1, 0.15) is 12.6 Å². The van der Waals surface area contributed by atoms with Crippen molar-refractivity contribution in [3.63, 3.8) is 0 Å². The van der Waals surface area contributed by atoms with Crippen LogP contribution < -0.4 is 5.11 Å². The van der Waals surface area contributed by atoms with Crippen LogP contribution in [-0.4, -0.2) is 75.5 Å². The number of rotatable bonds is 36. The number of unbranched alkanes of at least 4 members (excludes halogenated alkanes) is 3. The SMILES string of the molecule is CC/C=C/C=C/C=C/C=C/C=C/C=C/CCCCCC(=O)OC(COCCC(C(=O)[O-])[N+](C)(C)C)COC(=O)CC/C=C/C/C=C/C/C=C/C/C=C/C/C=C/C/C=C/CC. The summed E-state index contributed by atoms with van der Waals surface area (Å²) < 4.78 is 17.0. The molecule has 0 aliphatic rings. The first kappa shape index (κ1) is 55.2. The van der Waals surface area contributed by atoms with Crippen molar-refractivity contribution >= 4 is 17.9 Å². The Kier molecular flexibility index (Phi) is 37.7. The van der Waals surface area contributed by atoms with Crippen LogP contribution in [0.25, 0.3) is 0 Å². The monoisotopic (exact) mass is 828 g/mol. The number of carboxylic acids is 1. The van der Waals surface area contributed by atoms with Crippen LogP contribution in [0.2, 0.25) is 0 Å². The van der Waals surface area contributed by atoms with E-state index < -0.39 is 24.1 Å². The average molecular weight is 828 g/mol. The topological polar surface area (TPSA) is 102 Å². The number of hydrogen-bond acceptors (Lipinski definition) is 7. The Morgan fingerprint density at radius 2 is 1.00 bits per heavy atom. The van der Waals surface area contributed by atoms with E-state index in [2.05, 4.69) is 86.8 Å². The fourth-order valence-corrected chi connectivity index (χ4v) is 5.30. The minimum absolute atomic E-state index is 0.0133. The summed E-state index contributed by atoms with van der Waals surface area (Å²) in [6.07, 6.45) is 60.3. The minimum atomic E-state index is -1.15. The van der Waals surface area contributed by atoms with E-state index in [1.54, 1.807) is 21.1 Å². The molecule has 332 valence electrons. The molecular formula is C52H77NO7. The average Bonchev–Trinajstić information content (AvgIpc) is 3.21. The second-order valence-corrected chi connectivity index (χ2v) is 15.0. The van der Waals surface area contributed by atoms with Gasteiger partial charge in [-0.3, -0.25) is 9.59 Å². The molecule has 0 aliphatic carbocycles. The molecule has 8 nitrogen and oxygen atoms in total. The zero-order valence-corrected chi connectivity index (χ0v) is 37.5. The van der Waals surface area contributed by atoms with Crippen LogP contribution in [-0.2, 0) is 28.6 Å². The van der Waals surface area contributed by atoms with E-state index in [4.69, 9.17) is 14.2 Å². The molecule has 0 aliphatic heterocycles. The predicted octanol–water partition coefficient (Wildman–Crippen LogP) is 10.8. The lowest BCUT2D eigenvalue weighted by atomic mass is 10.1. The first-order chi connectivity index (χ1) is 29.1. The van der Waals surface area contributed by atoms with Gasteiger partial charge in [-0.2, -0.15) is 0 Å². The molecule has 60 heavy (non-hydrogen) atoms. The number of carbonyl (C=O) groups is 3. The van der Waals surface area contributed by atoms with Crippen molar-refractivity contribution in [1.82, 2.24) is 0 Å². The summed E-state index contributed by atoms with van der Waals surface area (Å²) in [7, 11) is 5.34. The number of likely N-dealkylation sites (N-methyl/N-ethyl adjacent to an activating group) is 1. The lowest BCUT2D eigenvalue weighted by Gasteiger charge is -2.34. The summed E-state index contributed by atoms with van der Waals surface area (Å²) in [4.78, 5) is 36.8. The molecule has 0 aromatic rings. The number of carboxylic acid groups (broad SMARTS) is 1. The first-order valence-corrected chi connectivity index (χ1v) is 21.9. The minimum Gasteiger partial charge on any atom is -0.544 e. The largest absolute Gasteiger partial charge is 0.544 e. The van der Waals surface area contributed by atoms with Crippen LogP contribution in [0.15, 0.2) is 146 Å². The van der Waals surface area contributed by atoms with Crippen LogP contribution in [0.1, 0.15) is 110 Å². The third-order valence-electron chi connectivity index (χ3n) is 8.65. The van der Waals surface area contributed by atoms with Gasteiger partial charge in [0, 0.05) is 19.3 Å². The molecule has 0 amide bonds. The van der Waals surface area contributed by atoms with E-state index in [-0.39, 0.29) is 49.5 Å². The maximum absolute atomic E-state index is 12.7. The quantitative estimate of drug-likeness (QED) is 0.0204. The van der Waals surface area contributed by atoms with Crippen LogP contribution in [0.4, 0.5) is 0 Å². The molecule has 0 aromatic heterocycles. The zero-order chi connectivity index (χ0) is 44.2. The molecule has 0 radical (unpaired) electrons. The van der Waals surface area contributed by atoms with Gasteiger partial charge in [0.25, 0.3) is 0 Å². The Labute approximate surface area is 364 Å². The Bertz CT molecular complexity index is 1480. The van der Waals surface area contributed by atoms with Gasteiger partial charge in [-0.05, 0) is 70.6 Å². The molecule has 0 rings (SSSR count). The molecule has 0 saturated carbocycles. The summed E-state index contributed by atoms with van der Waals surface area (Å²) >= 11 is 0. The lowest BCUT2D eigenvalue weighted by molar-refractivity contribution is -0.889. The van der Waals surface area contributed by atoms with E-state index in [0.717, 1.165) is 64.2 Å². The molecule has 2 unspecified atom stereocenters. The number of allylic oxidation sites excluding steroid dienone is 24. The van der Waals surface area contributed by atoms with Gasteiger partial charge in [-0.25, -0.2) is 0 Å². The van der Waals surface area contributed by atoms with Gasteiger partial charge in [0.05, 0.1) is 40.3 Å². The number of nitrogens with zero attached hydrogens (tertiary/aromatic N) is 1. The zero-order valence-electron chi connectivity index (χ0n) is 37.5. The van der Waals surface area contributed by atoms with E-state index in [9.17, 15) is 19.5 Å². The highest BCUT2D eigenvalue weighted by molar-refractivity contribution is 5.70. The first-order valence-electron chi connectivity index (χ1n) is 21.9. The normalized spacial score (nSPS) is 14.3. The van der Waals surface area contributed by atoms with Gasteiger partial charge in [0.15, 0.2) is 6.10 Å². The standard InChI is InChI=1S/C52H77NO7/c1-6-8-10-12-14-16-18-20-22-24-25-27-28-30-32-34-36-38-40-42-50(54)59-47-48(46-58-45-44-49(52(56)57)53(3,4)5)60-51(55)43-41-39-37-35-33-31-29-26-23-21-19-17-15-13-11-9-7-2/h8-11,13-17,19-23,25-27,29-33,36,38,48-49H,6-7,12,18,24,28,34-35,37,39-47H2,1-5H3/b10-8+,11-9+,15-13+,16-14+,19-17+,22-20+,23-21+,27-25+,29-26+,32-30+,33-31+,38-36+. The number of ether oxygens (including phenoxy) is 3. The Morgan fingerprint density at radius 1 is 0.517 bits per heavy atom. The van der Waals surface area contributed by atoms with Gasteiger partial charge in [0.2, 0.25) is 0 Å². The molecular weight excluding hydrogens is 751 g/mol. The number of quaternary nitrogens is 1. The maximum atomic E-state index is 12.7. The summed E-state index contributed by atoms with van der Waals surface area (Å²) in [5, 5.41) is 11.6. The second kappa shape index (κ2) is 41.0. The van der Waals surface area contributed by atoms with Gasteiger partial charge >= 0.3 is 11.9 Å². The van der Waals surface area contributed by atoms with Crippen molar-refractivity contribution in [3.05, 3.63) is 146 Å². The number of esters is 2. The van der Waals surface area contributed by atoms with Crippen LogP contribution >= 0.6 is 0 Å². The smallest absolute Gasteiger partial charge is 0.306 e. The number of aliphatic carboxylic acids is 1. The van der Waals surface area contributed by atoms with Crippen molar-refractivity contribution in [2.24, 2.45) is 0 Å². The molecule has 0 aromatic carbocycles. The molecule has 0 heterocycles. The highest BCUT2D eigenvalue weighted by atomic mass is 16.6. The summed E-state index contributed by atoms with van der Waals surface area (Å²) in [6.45, 7) is 4.23. The van der Waals surface area contributed by atoms with E-state index in [1.807, 2.05) is 72.9 Å². The Morgan fingerprint density at radius 3 is 1.50 bits per heavy atom. The highest BCUT2D eigenvalue weighted by Gasteiger charge is 2.25. The van der Waals surface area contributed by atoms with Crippen molar-refractivity contribution in [1.29, 1.82) is 0 Å². The third-order valence-corrected chi connectivity index (χ3v) is 8.65. The summed E-state index contributed by atoms with van der Waals surface area (Å²) in [5.41, 5.74) is 0. The summed E-state index contributed by atoms with van der Waals surface area (Å²) in [6, 6.07) is -0.756. The molecule has 0 saturated heterocycles. The van der Waals surface area contributed by atoms with Crippen molar-refractivity contribution in [3.8, 4) is 0 Å². The van der Waals surface area contributed by atoms with E-state index >= 15 is 0 Å². The van der Waals surface area contributed by atoms with Crippen molar-refractivity contribution < 1.29 is 38.2 Å². The number of hydrogen-bond donors (Lipinski definition) is 0. The van der Waals surface area contributed by atoms with Gasteiger partial charge in [-0.15, -0.1) is 0 Å². The van der Waals surface area contributed by atoms with Crippen molar-refractivity contribution in [2.75, 3.05) is 41.0 Å². The Hall–Kier alpha value is -4.79. The van der Waals surface area contributed by atoms with Crippen LogP contribution in [0.5, 0.6) is 0 Å². The molecule has 0 fully saturated rings. The van der Waals surface area contributed by atoms with Gasteiger partial charge in [-0.1, -0.05) is 166 Å². The van der Waals surface area contributed by atoms with E-state index in [0.29, 0.717) is 12.8 Å². The summed E-state index contributed by atoms with van der Waals surface area (Å²) in [5.74, 6) is -1.93. The van der Waals surface area contributed by atoms with Crippen LogP contribution in [0, 0.1) is 0 Å². The van der Waals surface area contributed by atoms with E-state index in [1.165, 1.54) is 0 Å². The molecule has 0 N–H and O–H groups in total. The fourth-order valence-electron chi connectivity index (χ4n) is 5.30. The lowest BCUT2D eigenvalue weighted by Crippen LogP contribution is -2.55. The third kappa shape index (κ3) is 38.7. The highest BCUT2D eigenvalue weighted by Crippen LogP contribution is 2.10. The predicted molar refractivity (Wildman–Crippen MR) is 249 cm³/mol.